The molecule has 1 atom stereocenters. The van der Waals surface area contributed by atoms with Gasteiger partial charge in [0.25, 0.3) is 0 Å². The first-order valence-electron chi connectivity index (χ1n) is 10.2. The van der Waals surface area contributed by atoms with Crippen molar-refractivity contribution < 1.29 is 13.3 Å². The molecule has 2 aromatic carbocycles. The number of nitrogens with zero attached hydrogens (tertiary/aromatic N) is 3. The quantitative estimate of drug-likeness (QED) is 0.475. The SMILES string of the molecule is Cc1cc(CC(C)C[Si](O[Si](C)C)O[Si](C)C)c(O)c(-n2nc3ccccc3n2)c1. The number of fused-ring (bicyclic) bond motifs is 1. The fraction of sp³-hybridized carbons (Fsp3) is 0.429. The molecule has 30 heavy (non-hydrogen) atoms. The van der Waals surface area contributed by atoms with E-state index >= 15 is 0 Å². The molecular formula is C21H30N3O3Si3. The number of aromatic nitrogens is 3. The molecule has 3 rings (SSSR count). The smallest absolute Gasteiger partial charge is 0.362 e. The maximum Gasteiger partial charge on any atom is 0.362 e. The largest absolute Gasteiger partial charge is 0.505 e. The molecule has 0 saturated heterocycles. The van der Waals surface area contributed by atoms with Crippen molar-refractivity contribution in [1.82, 2.24) is 15.0 Å². The van der Waals surface area contributed by atoms with Gasteiger partial charge in [0.05, 0.1) is 0 Å². The lowest BCUT2D eigenvalue weighted by molar-refractivity contribution is 0.415. The molecule has 1 unspecified atom stereocenters. The fourth-order valence-electron chi connectivity index (χ4n) is 3.40. The normalized spacial score (nSPS) is 13.1. The van der Waals surface area contributed by atoms with Crippen LogP contribution >= 0.6 is 0 Å². The number of benzene rings is 2. The third kappa shape index (κ3) is 5.88. The van der Waals surface area contributed by atoms with E-state index in [0.29, 0.717) is 11.6 Å². The van der Waals surface area contributed by atoms with Gasteiger partial charge in [-0.2, -0.15) is 0 Å². The Morgan fingerprint density at radius 3 is 2.10 bits per heavy atom. The Balaban J connectivity index is 1.82. The third-order valence-corrected chi connectivity index (χ3v) is 10.7. The molecule has 0 aliphatic rings. The number of hydrogen-bond donors (Lipinski definition) is 1. The highest BCUT2D eigenvalue weighted by atomic mass is 28.4. The molecule has 6 nitrogen and oxygen atoms in total. The molecule has 3 radical (unpaired) electrons. The number of hydrogen-bond acceptors (Lipinski definition) is 5. The van der Waals surface area contributed by atoms with Crippen molar-refractivity contribution in [2.75, 3.05) is 0 Å². The minimum Gasteiger partial charge on any atom is -0.505 e. The van der Waals surface area contributed by atoms with E-state index in [-0.39, 0.29) is 5.75 Å². The van der Waals surface area contributed by atoms with Crippen LogP contribution in [0.15, 0.2) is 36.4 Å². The van der Waals surface area contributed by atoms with E-state index in [1.807, 2.05) is 37.3 Å². The summed E-state index contributed by atoms with van der Waals surface area (Å²) >= 11 is 0. The van der Waals surface area contributed by atoms with Gasteiger partial charge in [-0.05, 0) is 80.8 Å². The second-order valence-corrected chi connectivity index (χ2v) is 14.6. The molecule has 1 heterocycles. The molecular weight excluding hydrogens is 427 g/mol. The van der Waals surface area contributed by atoms with Crippen LogP contribution in [0.3, 0.4) is 0 Å². The van der Waals surface area contributed by atoms with Gasteiger partial charge in [0, 0.05) is 0 Å². The monoisotopic (exact) mass is 456 g/mol. The number of phenols is 1. The molecule has 3 aromatic rings. The van der Waals surface area contributed by atoms with Crippen molar-refractivity contribution in [3.63, 3.8) is 0 Å². The molecule has 1 N–H and O–H groups in total. The van der Waals surface area contributed by atoms with Gasteiger partial charge in [0.1, 0.15) is 22.5 Å². The summed E-state index contributed by atoms with van der Waals surface area (Å²) in [5, 5.41) is 20.1. The van der Waals surface area contributed by atoms with Gasteiger partial charge in [-0.15, -0.1) is 15.0 Å². The summed E-state index contributed by atoms with van der Waals surface area (Å²) in [6.07, 6.45) is 0.757. The summed E-state index contributed by atoms with van der Waals surface area (Å²) in [6, 6.07) is 12.6. The zero-order valence-corrected chi connectivity index (χ0v) is 21.6. The summed E-state index contributed by atoms with van der Waals surface area (Å²) in [4.78, 5) is 1.54. The average molecular weight is 457 g/mol. The number of aromatic hydroxyl groups is 1. The molecule has 159 valence electrons. The van der Waals surface area contributed by atoms with Crippen molar-refractivity contribution >= 4 is 38.4 Å². The summed E-state index contributed by atoms with van der Waals surface area (Å²) in [5.41, 5.74) is 4.22. The van der Waals surface area contributed by atoms with E-state index in [1.54, 1.807) is 0 Å². The molecule has 0 fully saturated rings. The van der Waals surface area contributed by atoms with Gasteiger partial charge < -0.3 is 13.3 Å². The van der Waals surface area contributed by atoms with E-state index < -0.39 is 27.4 Å². The highest BCUT2D eigenvalue weighted by Gasteiger charge is 2.24. The first kappa shape index (κ1) is 22.9. The van der Waals surface area contributed by atoms with Gasteiger partial charge >= 0.3 is 9.28 Å². The lowest BCUT2D eigenvalue weighted by Crippen LogP contribution is -2.34. The van der Waals surface area contributed by atoms with Gasteiger partial charge in [0.2, 0.25) is 0 Å². The number of rotatable bonds is 9. The minimum absolute atomic E-state index is 0.245. The lowest BCUT2D eigenvalue weighted by atomic mass is 9.99. The van der Waals surface area contributed by atoms with Crippen LogP contribution in [0.4, 0.5) is 0 Å². The predicted octanol–water partition coefficient (Wildman–Crippen LogP) is 4.64. The first-order chi connectivity index (χ1) is 14.2. The maximum atomic E-state index is 11.0. The van der Waals surface area contributed by atoms with Crippen LogP contribution in [-0.4, -0.2) is 47.5 Å². The van der Waals surface area contributed by atoms with E-state index in [9.17, 15) is 5.11 Å². The van der Waals surface area contributed by atoms with Gasteiger partial charge in [-0.25, -0.2) is 0 Å². The van der Waals surface area contributed by atoms with Crippen molar-refractivity contribution in [3.8, 4) is 11.4 Å². The average Bonchev–Trinajstić information content (AvgIpc) is 3.07. The zero-order chi connectivity index (χ0) is 21.8. The number of aryl methyl sites for hydroxylation is 1. The molecule has 0 bridgehead atoms. The van der Waals surface area contributed by atoms with Gasteiger partial charge in [-0.3, -0.25) is 0 Å². The Morgan fingerprint density at radius 1 is 1.00 bits per heavy atom. The van der Waals surface area contributed by atoms with Crippen LogP contribution in [0.1, 0.15) is 18.1 Å². The van der Waals surface area contributed by atoms with E-state index in [0.717, 1.165) is 34.6 Å². The summed E-state index contributed by atoms with van der Waals surface area (Å²) in [6.45, 7) is 12.9. The number of phenolic OH excluding ortho intramolecular Hbond substituents is 1. The topological polar surface area (TPSA) is 69.4 Å². The molecule has 9 heteroatoms. The predicted molar refractivity (Wildman–Crippen MR) is 126 cm³/mol. The van der Waals surface area contributed by atoms with Crippen molar-refractivity contribution in [1.29, 1.82) is 0 Å². The molecule has 0 aliphatic carbocycles. The van der Waals surface area contributed by atoms with Crippen LogP contribution in [0.25, 0.3) is 16.7 Å². The maximum absolute atomic E-state index is 11.0. The van der Waals surface area contributed by atoms with Crippen LogP contribution in [0.2, 0.25) is 32.2 Å². The fourth-order valence-corrected chi connectivity index (χ4v) is 8.96. The standard InChI is InChI=1S/C21H30N3O3Si3/c1-15-11-17(12-16(2)14-30(26-28(3)4)27-29(5)6)21(25)20(13-15)24-22-18-9-7-8-10-19(18)23-24/h7-11,13,16,25H,12,14H2,1-6H3. The van der Waals surface area contributed by atoms with Crippen molar-refractivity contribution in [2.24, 2.45) is 5.92 Å². The highest BCUT2D eigenvalue weighted by molar-refractivity contribution is 6.67. The summed E-state index contributed by atoms with van der Waals surface area (Å²) in [5.74, 6) is 0.585. The molecule has 0 amide bonds. The van der Waals surface area contributed by atoms with Gasteiger partial charge in [-0.1, -0.05) is 25.1 Å². The zero-order valence-electron chi connectivity index (χ0n) is 18.6. The molecule has 1 aromatic heterocycles. The van der Waals surface area contributed by atoms with Crippen LogP contribution in [0.5, 0.6) is 5.75 Å². The summed E-state index contributed by atoms with van der Waals surface area (Å²) in [7, 11) is -2.88. The van der Waals surface area contributed by atoms with E-state index in [1.165, 1.54) is 4.80 Å². The second kappa shape index (κ2) is 10.0. The van der Waals surface area contributed by atoms with Crippen molar-refractivity contribution in [2.45, 2.75) is 52.5 Å². The molecule has 0 aliphatic heterocycles. The molecule has 0 saturated carbocycles. The van der Waals surface area contributed by atoms with Gasteiger partial charge in [0.15, 0.2) is 18.1 Å². The summed E-state index contributed by atoms with van der Waals surface area (Å²) < 4.78 is 12.3. The van der Waals surface area contributed by atoms with Crippen LogP contribution in [-0.2, 0) is 14.7 Å². The Morgan fingerprint density at radius 2 is 1.57 bits per heavy atom. The Labute approximate surface area is 184 Å². The van der Waals surface area contributed by atoms with E-state index in [4.69, 9.17) is 8.23 Å². The van der Waals surface area contributed by atoms with Crippen LogP contribution in [0, 0.1) is 12.8 Å². The first-order valence-corrected chi connectivity index (χ1v) is 16.5. The Bertz CT molecular complexity index is 951. The minimum atomic E-state index is -1.28. The molecule has 0 spiro atoms. The van der Waals surface area contributed by atoms with E-state index in [2.05, 4.69) is 49.4 Å². The van der Waals surface area contributed by atoms with Crippen LogP contribution < -0.4 is 0 Å². The third-order valence-electron chi connectivity index (χ3n) is 4.53. The Kier molecular flexibility index (Phi) is 7.64. The second-order valence-electron chi connectivity index (χ2n) is 8.18. The lowest BCUT2D eigenvalue weighted by Gasteiger charge is -2.23. The highest BCUT2D eigenvalue weighted by Crippen LogP contribution is 2.31. The Hall–Kier alpha value is -1.79. The van der Waals surface area contributed by atoms with Crippen molar-refractivity contribution in [3.05, 3.63) is 47.5 Å².